The number of hydrogen-bond acceptors (Lipinski definition) is 10. The molecule has 236 valence electrons. The van der Waals surface area contributed by atoms with E-state index in [1.54, 1.807) is 12.1 Å². The maximum atomic E-state index is 14.4. The van der Waals surface area contributed by atoms with E-state index in [-0.39, 0.29) is 29.2 Å². The van der Waals surface area contributed by atoms with Crippen LogP contribution in [0.25, 0.3) is 22.5 Å². The molecule has 2 heterocycles. The van der Waals surface area contributed by atoms with Crippen molar-refractivity contribution >= 4 is 53.2 Å². The minimum absolute atomic E-state index is 0.00549. The maximum Gasteiger partial charge on any atom is 0.233 e. The second kappa shape index (κ2) is 13.3. The Hall–Kier alpha value is -5.76. The molecule has 0 atom stereocenters. The Morgan fingerprint density at radius 2 is 0.979 bits per heavy atom. The van der Waals surface area contributed by atoms with Crippen LogP contribution in [0.15, 0.2) is 96.2 Å². The molecule has 0 fully saturated rings. The third-order valence-corrected chi connectivity index (χ3v) is 7.02. The first-order valence-electron chi connectivity index (χ1n) is 14.0. The van der Waals surface area contributed by atoms with E-state index in [2.05, 4.69) is 53.5 Å². The molecule has 0 saturated heterocycles. The summed E-state index contributed by atoms with van der Waals surface area (Å²) in [5, 5.41) is 8.71. The summed E-state index contributed by atoms with van der Waals surface area (Å²) >= 11 is 4.42. The number of rotatable bonds is 9. The van der Waals surface area contributed by atoms with Crippen LogP contribution < -0.4 is 20.9 Å². The molecule has 0 amide bonds. The fourth-order valence-electron chi connectivity index (χ4n) is 4.48. The molecule has 0 aliphatic carbocycles. The predicted octanol–water partition coefficient (Wildman–Crippen LogP) is 8.14. The van der Waals surface area contributed by atoms with Crippen molar-refractivity contribution in [2.45, 2.75) is 5.16 Å². The molecule has 0 unspecified atom stereocenters. The average molecular weight is 656 g/mol. The highest BCUT2D eigenvalue weighted by Gasteiger charge is 2.14. The Bertz CT molecular complexity index is 1990. The maximum absolute atomic E-state index is 14.4. The van der Waals surface area contributed by atoms with Gasteiger partial charge in [-0.05, 0) is 54.6 Å². The molecule has 3 N–H and O–H groups in total. The molecule has 0 spiro atoms. The van der Waals surface area contributed by atoms with Gasteiger partial charge < -0.3 is 20.9 Å². The van der Waals surface area contributed by atoms with E-state index in [0.29, 0.717) is 34.4 Å². The summed E-state index contributed by atoms with van der Waals surface area (Å²) in [7, 11) is 3.94. The monoisotopic (exact) mass is 655 g/mol. The van der Waals surface area contributed by atoms with Gasteiger partial charge in [0, 0.05) is 48.7 Å². The Labute approximate surface area is 272 Å². The van der Waals surface area contributed by atoms with Gasteiger partial charge in [0.15, 0.2) is 5.16 Å². The zero-order valence-corrected chi connectivity index (χ0v) is 25.7. The van der Waals surface area contributed by atoms with Crippen LogP contribution in [-0.2, 0) is 0 Å². The van der Waals surface area contributed by atoms with E-state index in [1.807, 2.05) is 61.5 Å². The standard InChI is InChI=1S/C33H25F4N9S/c1-46(2)23-11-5-19(6-12-23)29-17-28(41-33(47)42-29)18-3-9-22(10-4-18)38-30-43-31(39-26-13-7-20(34)15-24(26)36)45-32(44-30)40-27-14-8-21(35)16-25(27)37/h3-17H,1-2H3,(H,41,42,47)(H3,38,39,40,43,44,45). The van der Waals surface area contributed by atoms with E-state index < -0.39 is 23.3 Å². The molecule has 14 heteroatoms. The highest BCUT2D eigenvalue weighted by atomic mass is 32.1. The van der Waals surface area contributed by atoms with E-state index >= 15 is 0 Å². The van der Waals surface area contributed by atoms with Crippen LogP contribution in [0.4, 0.5) is 58.2 Å². The van der Waals surface area contributed by atoms with Crippen molar-refractivity contribution in [1.29, 1.82) is 0 Å². The van der Waals surface area contributed by atoms with Crippen LogP contribution in [-0.4, -0.2) is 39.0 Å². The van der Waals surface area contributed by atoms with Gasteiger partial charge in [0.2, 0.25) is 17.8 Å². The molecule has 0 radical (unpaired) electrons. The van der Waals surface area contributed by atoms with Crippen molar-refractivity contribution in [3.63, 3.8) is 0 Å². The first-order valence-corrected chi connectivity index (χ1v) is 14.5. The lowest BCUT2D eigenvalue weighted by atomic mass is 10.1. The van der Waals surface area contributed by atoms with E-state index in [9.17, 15) is 17.6 Å². The zero-order chi connectivity index (χ0) is 33.1. The molecule has 9 nitrogen and oxygen atoms in total. The van der Waals surface area contributed by atoms with Gasteiger partial charge in [-0.3, -0.25) is 0 Å². The number of nitrogens with zero attached hydrogens (tertiary/aromatic N) is 6. The number of halogens is 4. The third kappa shape index (κ3) is 7.56. The summed E-state index contributed by atoms with van der Waals surface area (Å²) in [6.07, 6.45) is 0. The first kappa shape index (κ1) is 31.2. The molecular weight excluding hydrogens is 630 g/mol. The van der Waals surface area contributed by atoms with E-state index in [1.165, 1.54) is 12.1 Å². The lowest BCUT2D eigenvalue weighted by molar-refractivity contribution is 0.585. The van der Waals surface area contributed by atoms with Crippen molar-refractivity contribution in [3.05, 3.63) is 114 Å². The quantitative estimate of drug-likeness (QED) is 0.0698. The topological polar surface area (TPSA) is 104 Å². The fraction of sp³-hybridized carbons (Fsp3) is 0.0606. The van der Waals surface area contributed by atoms with Crippen molar-refractivity contribution in [2.75, 3.05) is 34.9 Å². The van der Waals surface area contributed by atoms with Crippen LogP contribution in [0.1, 0.15) is 0 Å². The number of anilines is 7. The lowest BCUT2D eigenvalue weighted by Crippen LogP contribution is -2.08. The van der Waals surface area contributed by atoms with Gasteiger partial charge in [0.25, 0.3) is 0 Å². The SMILES string of the molecule is CN(C)c1ccc(-c2cc(-c3ccc(Nc4nc(Nc5ccc(F)cc5F)nc(Nc5ccc(F)cc5F)n4)cc3)nc(S)n2)cc1. The number of aromatic nitrogens is 5. The van der Waals surface area contributed by atoms with Crippen molar-refractivity contribution in [2.24, 2.45) is 0 Å². The third-order valence-electron chi connectivity index (χ3n) is 6.82. The smallest absolute Gasteiger partial charge is 0.233 e. The molecule has 0 aliphatic heterocycles. The number of hydrogen-bond donors (Lipinski definition) is 4. The van der Waals surface area contributed by atoms with Crippen molar-refractivity contribution in [3.8, 4) is 22.5 Å². The summed E-state index contributed by atoms with van der Waals surface area (Å²) < 4.78 is 55.7. The Balaban J connectivity index is 1.27. The summed E-state index contributed by atoms with van der Waals surface area (Å²) in [5.74, 6) is -3.54. The van der Waals surface area contributed by atoms with Gasteiger partial charge in [0.1, 0.15) is 23.3 Å². The molecule has 0 aliphatic rings. The Morgan fingerprint density at radius 3 is 1.43 bits per heavy atom. The number of nitrogens with one attached hydrogen (secondary N) is 3. The Morgan fingerprint density at radius 1 is 0.532 bits per heavy atom. The number of benzene rings is 4. The fourth-order valence-corrected chi connectivity index (χ4v) is 4.70. The summed E-state index contributed by atoms with van der Waals surface area (Å²) in [4.78, 5) is 23.7. The van der Waals surface area contributed by atoms with Crippen LogP contribution in [0, 0.1) is 23.3 Å². The molecule has 0 bridgehead atoms. The average Bonchev–Trinajstić information content (AvgIpc) is 3.04. The van der Waals surface area contributed by atoms with Gasteiger partial charge in [-0.15, -0.1) is 12.6 Å². The first-order chi connectivity index (χ1) is 22.6. The molecule has 47 heavy (non-hydrogen) atoms. The van der Waals surface area contributed by atoms with Crippen LogP contribution >= 0.6 is 12.6 Å². The van der Waals surface area contributed by atoms with Crippen molar-refractivity contribution in [1.82, 2.24) is 24.9 Å². The van der Waals surface area contributed by atoms with Gasteiger partial charge in [-0.1, -0.05) is 24.3 Å². The van der Waals surface area contributed by atoms with Gasteiger partial charge in [0.05, 0.1) is 22.8 Å². The summed E-state index contributed by atoms with van der Waals surface area (Å²) in [6, 6.07) is 23.0. The zero-order valence-electron chi connectivity index (χ0n) is 24.8. The highest BCUT2D eigenvalue weighted by Crippen LogP contribution is 2.29. The molecule has 6 rings (SSSR count). The van der Waals surface area contributed by atoms with Gasteiger partial charge in [-0.2, -0.15) is 15.0 Å². The highest BCUT2D eigenvalue weighted by molar-refractivity contribution is 7.80. The molecule has 2 aromatic heterocycles. The molecule has 4 aromatic carbocycles. The minimum atomic E-state index is -0.877. The second-order valence-corrected chi connectivity index (χ2v) is 10.8. The van der Waals surface area contributed by atoms with E-state index in [4.69, 9.17) is 0 Å². The van der Waals surface area contributed by atoms with Crippen LogP contribution in [0.2, 0.25) is 0 Å². The second-order valence-electron chi connectivity index (χ2n) is 10.4. The van der Waals surface area contributed by atoms with E-state index in [0.717, 1.165) is 28.9 Å². The van der Waals surface area contributed by atoms with Gasteiger partial charge >= 0.3 is 0 Å². The van der Waals surface area contributed by atoms with Crippen LogP contribution in [0.3, 0.4) is 0 Å². The predicted molar refractivity (Wildman–Crippen MR) is 177 cm³/mol. The minimum Gasteiger partial charge on any atom is -0.378 e. The molecular formula is C33H25F4N9S. The summed E-state index contributed by atoms with van der Waals surface area (Å²) in [6.45, 7) is 0. The molecule has 0 saturated carbocycles. The Kier molecular flexibility index (Phi) is 8.84. The van der Waals surface area contributed by atoms with Crippen molar-refractivity contribution < 1.29 is 17.6 Å². The normalized spacial score (nSPS) is 10.9. The van der Waals surface area contributed by atoms with Gasteiger partial charge in [-0.25, -0.2) is 27.5 Å². The van der Waals surface area contributed by atoms with Crippen LogP contribution in [0.5, 0.6) is 0 Å². The number of thiol groups is 1. The molecule has 6 aromatic rings. The summed E-state index contributed by atoms with van der Waals surface area (Å²) in [5.41, 5.74) is 4.50. The lowest BCUT2D eigenvalue weighted by Gasteiger charge is -2.13. The largest absolute Gasteiger partial charge is 0.378 e.